The van der Waals surface area contributed by atoms with Crippen LogP contribution in [0.25, 0.3) is 5.57 Å². The van der Waals surface area contributed by atoms with Gasteiger partial charge in [-0.2, -0.15) is 0 Å². The minimum absolute atomic E-state index is 0.130. The van der Waals surface area contributed by atoms with Crippen LogP contribution in [0, 0.1) is 0 Å². The molecule has 0 atom stereocenters. The third kappa shape index (κ3) is 1.72. The zero-order valence-corrected chi connectivity index (χ0v) is 10.8. The van der Waals surface area contributed by atoms with Crippen molar-refractivity contribution in [3.8, 4) is 0 Å². The van der Waals surface area contributed by atoms with E-state index in [1.807, 2.05) is 12.1 Å². The van der Waals surface area contributed by atoms with Gasteiger partial charge < -0.3 is 21.0 Å². The molecule has 7 heteroatoms. The molecule has 0 unspecified atom stereocenters. The summed E-state index contributed by atoms with van der Waals surface area (Å²) in [5, 5.41) is 2.79. The van der Waals surface area contributed by atoms with Crippen LogP contribution in [0.5, 0.6) is 0 Å². The molecule has 1 amide bonds. The number of carbonyl (C=O) groups excluding carboxylic acids is 1. The van der Waals surface area contributed by atoms with Crippen molar-refractivity contribution in [2.24, 2.45) is 0 Å². The number of rotatable bonds is 1. The average molecular weight is 308 g/mol. The molecule has 3 heterocycles. The quantitative estimate of drug-likeness (QED) is 0.638. The predicted octanol–water partition coefficient (Wildman–Crippen LogP) is 1.26. The van der Waals surface area contributed by atoms with Crippen molar-refractivity contribution in [1.29, 1.82) is 0 Å². The molecule has 1 aliphatic rings. The van der Waals surface area contributed by atoms with E-state index >= 15 is 0 Å². The number of nitrogens with one attached hydrogen (secondary N) is 3. The van der Waals surface area contributed by atoms with Crippen LogP contribution >= 0.6 is 15.9 Å². The van der Waals surface area contributed by atoms with Crippen LogP contribution in [-0.2, 0) is 0 Å². The number of halogens is 1. The van der Waals surface area contributed by atoms with Gasteiger partial charge in [0.1, 0.15) is 5.69 Å². The Hall–Kier alpha value is -2.02. The van der Waals surface area contributed by atoms with Gasteiger partial charge in [-0.25, -0.2) is 4.98 Å². The van der Waals surface area contributed by atoms with Crippen molar-refractivity contribution in [1.82, 2.24) is 20.3 Å². The number of fused-ring (bicyclic) bond motifs is 1. The molecular weight excluding hydrogens is 298 g/mol. The summed E-state index contributed by atoms with van der Waals surface area (Å²) in [7, 11) is 0. The molecule has 0 fully saturated rings. The molecule has 0 aromatic carbocycles. The first-order chi connectivity index (χ1) is 8.65. The van der Waals surface area contributed by atoms with Crippen molar-refractivity contribution in [3.05, 3.63) is 39.9 Å². The number of aromatic nitrogens is 3. The molecule has 0 spiro atoms. The minimum atomic E-state index is -0.130. The molecule has 3 rings (SSSR count). The SMILES string of the molecule is Nc1ncc(C2=CCNC(=O)c3[nH]c(Br)cc32)[nH]1. The fraction of sp³-hybridized carbons (Fsp3) is 0.0909. The van der Waals surface area contributed by atoms with Gasteiger partial charge >= 0.3 is 0 Å². The van der Waals surface area contributed by atoms with Crippen LogP contribution < -0.4 is 11.1 Å². The average Bonchev–Trinajstić information content (AvgIpc) is 2.88. The highest BCUT2D eigenvalue weighted by atomic mass is 79.9. The number of amides is 1. The van der Waals surface area contributed by atoms with Crippen LogP contribution in [0.4, 0.5) is 5.95 Å². The Balaban J connectivity index is 2.17. The number of nitrogen functional groups attached to an aromatic ring is 1. The summed E-state index contributed by atoms with van der Waals surface area (Å²) in [6.07, 6.45) is 3.58. The Morgan fingerprint density at radius 1 is 1.39 bits per heavy atom. The molecule has 0 aliphatic carbocycles. The molecule has 0 radical (unpaired) electrons. The van der Waals surface area contributed by atoms with Crippen LogP contribution in [0.15, 0.2) is 22.9 Å². The number of H-pyrrole nitrogens is 2. The van der Waals surface area contributed by atoms with Crippen molar-refractivity contribution < 1.29 is 4.79 Å². The summed E-state index contributed by atoms with van der Waals surface area (Å²) in [5.41, 5.74) is 8.62. The first kappa shape index (κ1) is 11.1. The number of nitrogens with two attached hydrogens (primary N) is 1. The zero-order valence-electron chi connectivity index (χ0n) is 9.25. The fourth-order valence-electron chi connectivity index (χ4n) is 1.99. The van der Waals surface area contributed by atoms with Gasteiger partial charge in [0.25, 0.3) is 5.91 Å². The maximum absolute atomic E-state index is 11.9. The third-order valence-electron chi connectivity index (χ3n) is 2.76. The number of nitrogens with zero attached hydrogens (tertiary/aromatic N) is 1. The van der Waals surface area contributed by atoms with E-state index in [1.165, 1.54) is 0 Å². The molecule has 0 bridgehead atoms. The Labute approximate surface area is 111 Å². The predicted molar refractivity (Wildman–Crippen MR) is 70.9 cm³/mol. The van der Waals surface area contributed by atoms with Gasteiger partial charge in [0, 0.05) is 17.7 Å². The first-order valence-corrected chi connectivity index (χ1v) is 6.12. The second kappa shape index (κ2) is 4.02. The van der Waals surface area contributed by atoms with E-state index in [-0.39, 0.29) is 5.91 Å². The van der Waals surface area contributed by atoms with Crippen molar-refractivity contribution in [2.75, 3.05) is 12.3 Å². The lowest BCUT2D eigenvalue weighted by molar-refractivity contribution is 0.0954. The summed E-state index contributed by atoms with van der Waals surface area (Å²) in [6.45, 7) is 0.466. The van der Waals surface area contributed by atoms with Gasteiger partial charge in [-0.1, -0.05) is 6.08 Å². The van der Waals surface area contributed by atoms with E-state index in [9.17, 15) is 4.79 Å². The smallest absolute Gasteiger partial charge is 0.268 e. The molecule has 0 saturated heterocycles. The van der Waals surface area contributed by atoms with E-state index in [2.05, 4.69) is 36.2 Å². The normalized spacial score (nSPS) is 14.7. The second-order valence-electron chi connectivity index (χ2n) is 3.92. The van der Waals surface area contributed by atoms with Gasteiger partial charge in [-0.15, -0.1) is 0 Å². The zero-order chi connectivity index (χ0) is 12.7. The molecule has 18 heavy (non-hydrogen) atoms. The fourth-order valence-corrected chi connectivity index (χ4v) is 2.41. The van der Waals surface area contributed by atoms with Crippen molar-refractivity contribution in [2.45, 2.75) is 0 Å². The van der Waals surface area contributed by atoms with Crippen LogP contribution in [-0.4, -0.2) is 27.4 Å². The molecule has 5 N–H and O–H groups in total. The first-order valence-electron chi connectivity index (χ1n) is 5.33. The molecule has 2 aromatic rings. The minimum Gasteiger partial charge on any atom is -0.369 e. The highest BCUT2D eigenvalue weighted by Crippen LogP contribution is 2.29. The lowest BCUT2D eigenvalue weighted by Crippen LogP contribution is -2.22. The Kier molecular flexibility index (Phi) is 2.48. The number of aromatic amines is 2. The summed E-state index contributed by atoms with van der Waals surface area (Å²) >= 11 is 3.34. The molecule has 2 aromatic heterocycles. The summed E-state index contributed by atoms with van der Waals surface area (Å²) in [5.74, 6) is 0.222. The van der Waals surface area contributed by atoms with Crippen LogP contribution in [0.3, 0.4) is 0 Å². The second-order valence-corrected chi connectivity index (χ2v) is 4.77. The number of anilines is 1. The standard InChI is InChI=1S/C11H10BrN5O/c12-8-3-6-5(7-4-15-11(13)16-7)1-2-14-10(18)9(6)17-8/h1,3-4,17H,2H2,(H,14,18)(H3,13,15,16). The molecular formula is C11H10BrN5O. The Morgan fingerprint density at radius 3 is 2.94 bits per heavy atom. The molecule has 92 valence electrons. The Morgan fingerprint density at radius 2 is 2.22 bits per heavy atom. The van der Waals surface area contributed by atoms with E-state index in [0.29, 0.717) is 18.2 Å². The van der Waals surface area contributed by atoms with E-state index in [0.717, 1.165) is 21.4 Å². The number of hydrogen-bond donors (Lipinski definition) is 4. The summed E-state index contributed by atoms with van der Waals surface area (Å²) in [6, 6.07) is 1.86. The lowest BCUT2D eigenvalue weighted by Gasteiger charge is -2.02. The van der Waals surface area contributed by atoms with Gasteiger partial charge in [-0.05, 0) is 22.0 Å². The molecule has 6 nitrogen and oxygen atoms in total. The maximum atomic E-state index is 11.9. The van der Waals surface area contributed by atoms with Gasteiger partial charge in [-0.3, -0.25) is 4.79 Å². The van der Waals surface area contributed by atoms with Gasteiger partial charge in [0.15, 0.2) is 5.95 Å². The highest BCUT2D eigenvalue weighted by Gasteiger charge is 2.21. The number of hydrogen-bond acceptors (Lipinski definition) is 3. The van der Waals surface area contributed by atoms with E-state index < -0.39 is 0 Å². The number of carbonyl (C=O) groups is 1. The lowest BCUT2D eigenvalue weighted by atomic mass is 10.0. The summed E-state index contributed by atoms with van der Waals surface area (Å²) < 4.78 is 0.753. The van der Waals surface area contributed by atoms with E-state index in [1.54, 1.807) is 6.20 Å². The number of imidazole rings is 1. The monoisotopic (exact) mass is 307 g/mol. The highest BCUT2D eigenvalue weighted by molar-refractivity contribution is 9.10. The molecule has 0 saturated carbocycles. The topological polar surface area (TPSA) is 99.6 Å². The van der Waals surface area contributed by atoms with Crippen molar-refractivity contribution in [3.63, 3.8) is 0 Å². The third-order valence-corrected chi connectivity index (χ3v) is 3.18. The molecule has 1 aliphatic heterocycles. The van der Waals surface area contributed by atoms with Crippen LogP contribution in [0.2, 0.25) is 0 Å². The van der Waals surface area contributed by atoms with Gasteiger partial charge in [0.2, 0.25) is 0 Å². The van der Waals surface area contributed by atoms with E-state index in [4.69, 9.17) is 5.73 Å². The van der Waals surface area contributed by atoms with Crippen LogP contribution in [0.1, 0.15) is 21.7 Å². The van der Waals surface area contributed by atoms with Gasteiger partial charge in [0.05, 0.1) is 16.5 Å². The maximum Gasteiger partial charge on any atom is 0.268 e. The Bertz CT molecular complexity index is 654. The van der Waals surface area contributed by atoms with Crippen molar-refractivity contribution >= 4 is 33.4 Å². The summed E-state index contributed by atoms with van der Waals surface area (Å²) in [4.78, 5) is 21.8. The largest absolute Gasteiger partial charge is 0.369 e.